The van der Waals surface area contributed by atoms with Crippen molar-refractivity contribution >= 4 is 5.97 Å². The summed E-state index contributed by atoms with van der Waals surface area (Å²) >= 11 is 0. The van der Waals surface area contributed by atoms with Gasteiger partial charge < -0.3 is 9.84 Å². The number of carbonyl (C=O) groups excluding carboxylic acids is 1. The summed E-state index contributed by atoms with van der Waals surface area (Å²) in [5.41, 5.74) is 0.650. The van der Waals surface area contributed by atoms with Crippen molar-refractivity contribution in [2.24, 2.45) is 0 Å². The first-order valence-corrected chi connectivity index (χ1v) is 6.26. The fraction of sp³-hybridized carbons (Fsp3) is 0.769. The van der Waals surface area contributed by atoms with E-state index in [2.05, 4.69) is 4.90 Å². The fourth-order valence-corrected chi connectivity index (χ4v) is 2.86. The number of allylic oxidation sites excluding steroid dienone is 1. The highest BCUT2D eigenvalue weighted by molar-refractivity contribution is 5.87. The lowest BCUT2D eigenvalue weighted by Gasteiger charge is -2.36. The molecular formula is C13H21NO3. The third-order valence-electron chi connectivity index (χ3n) is 4.12. The number of piperidine rings is 1. The normalized spacial score (nSPS) is 38.2. The minimum Gasteiger partial charge on any atom is -0.459 e. The van der Waals surface area contributed by atoms with Gasteiger partial charge in [0.25, 0.3) is 0 Å². The van der Waals surface area contributed by atoms with Gasteiger partial charge in [0, 0.05) is 30.5 Å². The Morgan fingerprint density at radius 1 is 1.41 bits per heavy atom. The van der Waals surface area contributed by atoms with E-state index >= 15 is 0 Å². The van der Waals surface area contributed by atoms with Crippen molar-refractivity contribution in [3.63, 3.8) is 0 Å². The molecule has 0 amide bonds. The SMILES string of the molecule is C/C=C(/C)C(=O)O[C@H]1C[C@H]2C[C@H](O)[C@@H](C1)N2C. The standard InChI is InChI=1S/C13H21NO3/c1-4-8(2)13(16)17-10-5-9-6-12(15)11(7-10)14(9)3/h4,9-12,15H,5-7H2,1-3H3/b8-4-/t9-,10-,11+,12-/m0/s1. The average Bonchev–Trinajstić information content (AvgIpc) is 2.49. The molecule has 0 radical (unpaired) electrons. The number of likely N-dealkylation sites (N-methyl/N-ethyl adjacent to an activating group) is 1. The maximum atomic E-state index is 11.7. The van der Waals surface area contributed by atoms with Crippen molar-refractivity contribution in [1.29, 1.82) is 0 Å². The minimum atomic E-state index is -0.267. The molecule has 2 rings (SSSR count). The smallest absolute Gasteiger partial charge is 0.333 e. The Morgan fingerprint density at radius 2 is 2.12 bits per heavy atom. The van der Waals surface area contributed by atoms with Crippen molar-refractivity contribution in [2.75, 3.05) is 7.05 Å². The van der Waals surface area contributed by atoms with Gasteiger partial charge in [0.2, 0.25) is 0 Å². The molecule has 0 unspecified atom stereocenters. The molecule has 2 bridgehead atoms. The summed E-state index contributed by atoms with van der Waals surface area (Å²) in [4.78, 5) is 13.9. The highest BCUT2D eigenvalue weighted by atomic mass is 16.5. The van der Waals surface area contributed by atoms with Gasteiger partial charge in [-0.05, 0) is 27.3 Å². The largest absolute Gasteiger partial charge is 0.459 e. The van der Waals surface area contributed by atoms with Gasteiger partial charge in [-0.15, -0.1) is 0 Å². The predicted molar refractivity (Wildman–Crippen MR) is 64.5 cm³/mol. The zero-order chi connectivity index (χ0) is 12.6. The van der Waals surface area contributed by atoms with Gasteiger partial charge in [-0.2, -0.15) is 0 Å². The minimum absolute atomic E-state index is 0.0410. The Morgan fingerprint density at radius 3 is 2.71 bits per heavy atom. The number of nitrogens with zero attached hydrogens (tertiary/aromatic N) is 1. The molecule has 17 heavy (non-hydrogen) atoms. The van der Waals surface area contributed by atoms with Crippen LogP contribution in [0.4, 0.5) is 0 Å². The number of rotatable bonds is 2. The quantitative estimate of drug-likeness (QED) is 0.579. The molecule has 1 N–H and O–H groups in total. The molecule has 0 saturated carbocycles. The van der Waals surface area contributed by atoms with Crippen LogP contribution in [-0.2, 0) is 9.53 Å². The molecule has 2 saturated heterocycles. The van der Waals surface area contributed by atoms with Crippen LogP contribution < -0.4 is 0 Å². The van der Waals surface area contributed by atoms with E-state index in [1.165, 1.54) is 0 Å². The Labute approximate surface area is 102 Å². The van der Waals surface area contributed by atoms with Gasteiger partial charge in [0.15, 0.2) is 0 Å². The van der Waals surface area contributed by atoms with Crippen LogP contribution in [0.1, 0.15) is 33.1 Å². The second-order valence-corrected chi connectivity index (χ2v) is 5.16. The van der Waals surface area contributed by atoms with E-state index in [0.717, 1.165) is 19.3 Å². The zero-order valence-corrected chi connectivity index (χ0v) is 10.7. The molecule has 0 aromatic heterocycles. The molecule has 96 valence electrons. The lowest BCUT2D eigenvalue weighted by molar-refractivity contribution is -0.147. The number of carbonyl (C=O) groups is 1. The van der Waals surface area contributed by atoms with Crippen LogP contribution in [0.3, 0.4) is 0 Å². The van der Waals surface area contributed by atoms with Crippen LogP contribution in [0.15, 0.2) is 11.6 Å². The number of ether oxygens (including phenoxy) is 1. The van der Waals surface area contributed by atoms with Gasteiger partial charge in [0.1, 0.15) is 6.10 Å². The van der Waals surface area contributed by atoms with Crippen LogP contribution in [0.2, 0.25) is 0 Å². The molecule has 2 aliphatic rings. The van der Waals surface area contributed by atoms with E-state index in [4.69, 9.17) is 4.74 Å². The molecule has 4 atom stereocenters. The Kier molecular flexibility index (Phi) is 3.54. The summed E-state index contributed by atoms with van der Waals surface area (Å²) in [6.07, 6.45) is 3.85. The Hall–Kier alpha value is -0.870. The molecule has 0 spiro atoms. The average molecular weight is 239 g/mol. The number of esters is 1. The molecule has 0 aromatic carbocycles. The Bertz CT molecular complexity index is 340. The van der Waals surface area contributed by atoms with E-state index in [0.29, 0.717) is 11.6 Å². The molecule has 4 nitrogen and oxygen atoms in total. The van der Waals surface area contributed by atoms with E-state index in [9.17, 15) is 9.90 Å². The van der Waals surface area contributed by atoms with Gasteiger partial charge in [-0.1, -0.05) is 6.08 Å². The maximum absolute atomic E-state index is 11.7. The van der Waals surface area contributed by atoms with Crippen LogP contribution in [0.25, 0.3) is 0 Å². The lowest BCUT2D eigenvalue weighted by Crippen LogP contribution is -2.45. The number of aliphatic hydroxyl groups excluding tert-OH is 1. The molecule has 2 fully saturated rings. The van der Waals surface area contributed by atoms with E-state index in [1.807, 2.05) is 14.0 Å². The van der Waals surface area contributed by atoms with Crippen LogP contribution in [-0.4, -0.2) is 47.3 Å². The van der Waals surface area contributed by atoms with Gasteiger partial charge in [-0.25, -0.2) is 4.79 Å². The molecule has 0 aromatic rings. The third-order valence-corrected chi connectivity index (χ3v) is 4.12. The zero-order valence-electron chi connectivity index (χ0n) is 10.7. The number of fused-ring (bicyclic) bond motifs is 2. The molecule has 2 heterocycles. The monoisotopic (exact) mass is 239 g/mol. The number of hydrogen-bond acceptors (Lipinski definition) is 4. The lowest BCUT2D eigenvalue weighted by atomic mass is 10.00. The van der Waals surface area contributed by atoms with Crippen molar-refractivity contribution in [3.05, 3.63) is 11.6 Å². The van der Waals surface area contributed by atoms with Crippen molar-refractivity contribution in [1.82, 2.24) is 4.90 Å². The van der Waals surface area contributed by atoms with Gasteiger partial charge in [-0.3, -0.25) is 4.90 Å². The summed E-state index contributed by atoms with van der Waals surface area (Å²) in [7, 11) is 2.04. The second-order valence-electron chi connectivity index (χ2n) is 5.16. The van der Waals surface area contributed by atoms with Crippen LogP contribution in [0.5, 0.6) is 0 Å². The summed E-state index contributed by atoms with van der Waals surface area (Å²) in [5.74, 6) is -0.226. The maximum Gasteiger partial charge on any atom is 0.333 e. The number of aliphatic hydroxyl groups is 1. The first-order valence-electron chi connectivity index (χ1n) is 6.26. The van der Waals surface area contributed by atoms with Crippen molar-refractivity contribution in [3.8, 4) is 0 Å². The summed E-state index contributed by atoms with van der Waals surface area (Å²) in [6, 6.07) is 0.505. The summed E-state index contributed by atoms with van der Waals surface area (Å²) in [6.45, 7) is 3.60. The predicted octanol–water partition coefficient (Wildman–Crippen LogP) is 1.09. The first kappa shape index (κ1) is 12.6. The van der Waals surface area contributed by atoms with E-state index < -0.39 is 0 Å². The third kappa shape index (κ3) is 2.38. The van der Waals surface area contributed by atoms with Crippen LogP contribution >= 0.6 is 0 Å². The number of hydrogen-bond donors (Lipinski definition) is 1. The summed E-state index contributed by atoms with van der Waals surface area (Å²) < 4.78 is 5.48. The van der Waals surface area contributed by atoms with Crippen LogP contribution in [0, 0.1) is 0 Å². The second kappa shape index (κ2) is 4.78. The van der Waals surface area contributed by atoms with Gasteiger partial charge >= 0.3 is 5.97 Å². The molecule has 0 aliphatic carbocycles. The van der Waals surface area contributed by atoms with Crippen molar-refractivity contribution in [2.45, 2.75) is 57.4 Å². The topological polar surface area (TPSA) is 49.8 Å². The van der Waals surface area contributed by atoms with Crippen molar-refractivity contribution < 1.29 is 14.6 Å². The fourth-order valence-electron chi connectivity index (χ4n) is 2.86. The first-order chi connectivity index (χ1) is 8.02. The van der Waals surface area contributed by atoms with Gasteiger partial charge in [0.05, 0.1) is 6.10 Å². The molecule has 2 aliphatic heterocycles. The highest BCUT2D eigenvalue weighted by Gasteiger charge is 2.45. The van der Waals surface area contributed by atoms with E-state index in [-0.39, 0.29) is 24.2 Å². The highest BCUT2D eigenvalue weighted by Crippen LogP contribution is 2.35. The molecule has 4 heteroatoms. The van der Waals surface area contributed by atoms with E-state index in [1.54, 1.807) is 13.0 Å². The Balaban J connectivity index is 1.96. The molecular weight excluding hydrogens is 218 g/mol. The summed E-state index contributed by atoms with van der Waals surface area (Å²) in [5, 5.41) is 9.88.